The van der Waals surface area contributed by atoms with Crippen LogP contribution in [-0.4, -0.2) is 33.7 Å². The summed E-state index contributed by atoms with van der Waals surface area (Å²) in [7, 11) is 0. The van der Waals surface area contributed by atoms with Crippen LogP contribution in [-0.2, 0) is 9.53 Å². The highest BCUT2D eigenvalue weighted by molar-refractivity contribution is 7.07. The summed E-state index contributed by atoms with van der Waals surface area (Å²) in [6.45, 7) is 5.74. The molecule has 0 unspecified atom stereocenters. The number of pyridine rings is 1. The number of carbonyl (C=O) groups is 1. The van der Waals surface area contributed by atoms with E-state index in [0.29, 0.717) is 49.3 Å². The predicted molar refractivity (Wildman–Crippen MR) is 160 cm³/mol. The van der Waals surface area contributed by atoms with Crippen LogP contribution in [0.1, 0.15) is 37.9 Å². The zero-order valence-electron chi connectivity index (χ0n) is 23.3. The van der Waals surface area contributed by atoms with E-state index >= 15 is 0 Å². The second-order valence-electron chi connectivity index (χ2n) is 9.18. The molecule has 3 heterocycles. The van der Waals surface area contributed by atoms with Crippen LogP contribution in [0.4, 0.5) is 5.69 Å². The number of halogens is 1. The molecule has 0 radical (unpaired) electrons. The first-order valence-corrected chi connectivity index (χ1v) is 14.4. The highest BCUT2D eigenvalue weighted by atomic mass is 35.5. The van der Waals surface area contributed by atoms with Gasteiger partial charge in [-0.3, -0.25) is 19.5 Å². The van der Waals surface area contributed by atoms with E-state index in [1.54, 1.807) is 62.4 Å². The van der Waals surface area contributed by atoms with Gasteiger partial charge in [-0.05, 0) is 56.2 Å². The summed E-state index contributed by atoms with van der Waals surface area (Å²) in [5.41, 5.74) is 1.40. The monoisotopic (exact) mass is 620 g/mol. The number of rotatable bonds is 9. The Morgan fingerprint density at radius 1 is 1.14 bits per heavy atom. The fraction of sp³-hybridized carbons (Fsp3) is 0.200. The number of hydrogen-bond acceptors (Lipinski definition) is 10. The number of esters is 1. The molecule has 0 fully saturated rings. The number of carbonyl (C=O) groups excluding carboxylic acids is 1. The summed E-state index contributed by atoms with van der Waals surface area (Å²) in [6, 6.07) is 14.0. The second-order valence-corrected chi connectivity index (χ2v) is 10.6. The van der Waals surface area contributed by atoms with E-state index in [2.05, 4.69) is 9.98 Å². The van der Waals surface area contributed by atoms with Gasteiger partial charge in [0, 0.05) is 17.2 Å². The van der Waals surface area contributed by atoms with Crippen LogP contribution in [0.15, 0.2) is 81.9 Å². The van der Waals surface area contributed by atoms with Crippen LogP contribution >= 0.6 is 22.9 Å². The number of ether oxygens (including phenoxy) is 3. The van der Waals surface area contributed by atoms with Gasteiger partial charge < -0.3 is 14.2 Å². The SMILES string of the molecule is CCOC(=O)C1=C(C)N=c2s/c(=C/c3ccc(Oc4ccc([N+](=O)[O-])cn4)c(OCC)c3)c(=O)n2[C@H]1c1ccccc1Cl. The fourth-order valence-electron chi connectivity index (χ4n) is 4.55. The van der Waals surface area contributed by atoms with Gasteiger partial charge in [0.15, 0.2) is 16.3 Å². The average Bonchev–Trinajstić information content (AvgIpc) is 3.28. The zero-order chi connectivity index (χ0) is 30.7. The Bertz CT molecular complexity index is 1930. The third kappa shape index (κ3) is 6.06. The molecule has 1 atom stereocenters. The van der Waals surface area contributed by atoms with Gasteiger partial charge in [0.05, 0.1) is 33.9 Å². The molecule has 0 amide bonds. The molecule has 2 aromatic heterocycles. The number of benzene rings is 2. The van der Waals surface area contributed by atoms with Gasteiger partial charge >= 0.3 is 5.97 Å². The molecule has 220 valence electrons. The van der Waals surface area contributed by atoms with E-state index < -0.39 is 16.9 Å². The van der Waals surface area contributed by atoms with Crippen LogP contribution < -0.4 is 24.4 Å². The topological polar surface area (TPSA) is 135 Å². The Morgan fingerprint density at radius 3 is 2.60 bits per heavy atom. The number of hydrogen-bond donors (Lipinski definition) is 0. The molecule has 13 heteroatoms. The summed E-state index contributed by atoms with van der Waals surface area (Å²) < 4.78 is 18.8. The summed E-state index contributed by atoms with van der Waals surface area (Å²) in [4.78, 5) is 46.3. The van der Waals surface area contributed by atoms with Crippen molar-refractivity contribution in [2.75, 3.05) is 13.2 Å². The predicted octanol–water partition coefficient (Wildman–Crippen LogP) is 4.95. The van der Waals surface area contributed by atoms with E-state index in [-0.39, 0.29) is 29.3 Å². The molecule has 1 aliphatic rings. The maximum atomic E-state index is 13.9. The summed E-state index contributed by atoms with van der Waals surface area (Å²) in [5.74, 6) is 0.316. The molecule has 11 nitrogen and oxygen atoms in total. The molecular formula is C30H25ClN4O7S. The van der Waals surface area contributed by atoms with E-state index in [9.17, 15) is 19.7 Å². The summed E-state index contributed by atoms with van der Waals surface area (Å²) in [6.07, 6.45) is 2.81. The molecular weight excluding hydrogens is 596 g/mol. The highest BCUT2D eigenvalue weighted by Gasteiger charge is 2.34. The third-order valence-electron chi connectivity index (χ3n) is 6.43. The first-order chi connectivity index (χ1) is 20.7. The van der Waals surface area contributed by atoms with Crippen molar-refractivity contribution in [1.82, 2.24) is 9.55 Å². The van der Waals surface area contributed by atoms with Crippen LogP contribution in [0.2, 0.25) is 5.02 Å². The first-order valence-electron chi connectivity index (χ1n) is 13.2. The summed E-state index contributed by atoms with van der Waals surface area (Å²) >= 11 is 7.75. The molecule has 0 spiro atoms. The van der Waals surface area contributed by atoms with Crippen LogP contribution in [0.3, 0.4) is 0 Å². The lowest BCUT2D eigenvalue weighted by Crippen LogP contribution is -2.40. The largest absolute Gasteiger partial charge is 0.490 e. The van der Waals surface area contributed by atoms with Crippen molar-refractivity contribution < 1.29 is 23.9 Å². The molecule has 0 saturated carbocycles. The van der Waals surface area contributed by atoms with Crippen molar-refractivity contribution in [1.29, 1.82) is 0 Å². The summed E-state index contributed by atoms with van der Waals surface area (Å²) in [5, 5.41) is 11.3. The van der Waals surface area contributed by atoms with Gasteiger partial charge in [-0.2, -0.15) is 0 Å². The zero-order valence-corrected chi connectivity index (χ0v) is 24.8. The van der Waals surface area contributed by atoms with Crippen molar-refractivity contribution in [3.05, 3.63) is 118 Å². The Balaban J connectivity index is 1.58. The van der Waals surface area contributed by atoms with Crippen molar-refractivity contribution in [3.8, 4) is 17.4 Å². The Kier molecular flexibility index (Phi) is 8.69. The lowest BCUT2D eigenvalue weighted by Gasteiger charge is -2.25. The molecule has 1 aliphatic heterocycles. The number of allylic oxidation sites excluding steroid dienone is 1. The fourth-order valence-corrected chi connectivity index (χ4v) is 5.84. The standard InChI is InChI=1S/C30H25ClN4O7S/c1-4-40-23-14-18(10-12-22(23)42-25-13-11-19(16-32-25)35(38)39)15-24-28(36)34-27(20-8-6-7-9-21(20)31)26(29(37)41-5-2)17(3)33-30(34)43-24/h6-16,27H,4-5H2,1-3H3/b24-15+/t27-/m0/s1. The van der Waals surface area contributed by atoms with Gasteiger partial charge in [-0.1, -0.05) is 47.2 Å². The minimum absolute atomic E-state index is 0.153. The number of fused-ring (bicyclic) bond motifs is 1. The highest BCUT2D eigenvalue weighted by Crippen LogP contribution is 2.35. The van der Waals surface area contributed by atoms with E-state index in [1.807, 2.05) is 6.92 Å². The van der Waals surface area contributed by atoms with Gasteiger partial charge in [-0.15, -0.1) is 0 Å². The normalized spacial score (nSPS) is 14.6. The Morgan fingerprint density at radius 2 is 1.93 bits per heavy atom. The molecule has 0 N–H and O–H groups in total. The van der Waals surface area contributed by atoms with Gasteiger partial charge in [0.25, 0.3) is 11.2 Å². The molecule has 5 rings (SSSR count). The molecule has 0 saturated heterocycles. The van der Waals surface area contributed by atoms with Crippen molar-refractivity contribution in [3.63, 3.8) is 0 Å². The Hall–Kier alpha value is -4.81. The maximum Gasteiger partial charge on any atom is 0.338 e. The molecule has 0 aliphatic carbocycles. The van der Waals surface area contributed by atoms with Crippen molar-refractivity contribution in [2.24, 2.45) is 4.99 Å². The third-order valence-corrected chi connectivity index (χ3v) is 7.76. The van der Waals surface area contributed by atoms with Gasteiger partial charge in [0.1, 0.15) is 12.2 Å². The number of nitrogens with zero attached hydrogens (tertiary/aromatic N) is 4. The van der Waals surface area contributed by atoms with Crippen molar-refractivity contribution >= 4 is 40.7 Å². The van der Waals surface area contributed by atoms with Crippen LogP contribution in [0, 0.1) is 10.1 Å². The van der Waals surface area contributed by atoms with E-state index in [4.69, 9.17) is 25.8 Å². The van der Waals surface area contributed by atoms with Crippen molar-refractivity contribution in [2.45, 2.75) is 26.8 Å². The Labute approximate surface area is 254 Å². The van der Waals surface area contributed by atoms with Gasteiger partial charge in [0.2, 0.25) is 5.88 Å². The minimum atomic E-state index is -0.824. The second kappa shape index (κ2) is 12.6. The molecule has 4 aromatic rings. The average molecular weight is 621 g/mol. The lowest BCUT2D eigenvalue weighted by atomic mass is 9.96. The smallest absolute Gasteiger partial charge is 0.338 e. The first kappa shape index (κ1) is 29.7. The van der Waals surface area contributed by atoms with Crippen LogP contribution in [0.5, 0.6) is 17.4 Å². The quantitative estimate of drug-likeness (QED) is 0.146. The molecule has 43 heavy (non-hydrogen) atoms. The number of thiazole rings is 1. The van der Waals surface area contributed by atoms with E-state index in [1.165, 1.54) is 28.0 Å². The lowest BCUT2D eigenvalue weighted by molar-refractivity contribution is -0.385. The number of nitro groups is 1. The number of aromatic nitrogens is 2. The minimum Gasteiger partial charge on any atom is -0.490 e. The maximum absolute atomic E-state index is 13.9. The molecule has 0 bridgehead atoms. The van der Waals surface area contributed by atoms with E-state index in [0.717, 1.165) is 6.20 Å². The van der Waals surface area contributed by atoms with Gasteiger partial charge in [-0.25, -0.2) is 14.8 Å². The molecule has 2 aromatic carbocycles. The van der Waals surface area contributed by atoms with Crippen LogP contribution in [0.25, 0.3) is 6.08 Å².